The quantitative estimate of drug-likeness (QED) is 0.148. The number of carbonyl (C=O) groups is 1. The van der Waals surface area contributed by atoms with E-state index in [2.05, 4.69) is 63.2 Å². The summed E-state index contributed by atoms with van der Waals surface area (Å²) >= 11 is 1.82. The molecule has 0 aliphatic rings. The summed E-state index contributed by atoms with van der Waals surface area (Å²) in [5.41, 5.74) is 8.39. The predicted octanol–water partition coefficient (Wildman–Crippen LogP) is 7.39. The van der Waals surface area contributed by atoms with Crippen molar-refractivity contribution in [3.63, 3.8) is 0 Å². The van der Waals surface area contributed by atoms with E-state index in [1.807, 2.05) is 29.5 Å². The van der Waals surface area contributed by atoms with E-state index in [9.17, 15) is 4.79 Å². The number of thiophene rings is 1. The summed E-state index contributed by atoms with van der Waals surface area (Å²) < 4.78 is 1.23. The van der Waals surface area contributed by atoms with E-state index >= 15 is 0 Å². The second-order valence-electron chi connectivity index (χ2n) is 7.64. The van der Waals surface area contributed by atoms with Gasteiger partial charge in [0.2, 0.25) is 0 Å². The van der Waals surface area contributed by atoms with Crippen LogP contribution in [-0.2, 0) is 24.9 Å². The zero-order valence-electron chi connectivity index (χ0n) is 18.8. The molecule has 0 fully saturated rings. The Morgan fingerprint density at radius 2 is 1.72 bits per heavy atom. The molecule has 1 radical (unpaired) electrons. The van der Waals surface area contributed by atoms with Crippen LogP contribution in [0.3, 0.4) is 0 Å². The third-order valence-corrected chi connectivity index (χ3v) is 5.80. The smallest absolute Gasteiger partial charge is 0.155 e. The number of benzene rings is 2. The molecule has 0 aliphatic carbocycles. The molecule has 4 rings (SSSR count). The van der Waals surface area contributed by atoms with E-state index in [4.69, 9.17) is 10.1 Å². The number of carbonyl (C=O) groups excluding carboxylic acids is 1. The summed E-state index contributed by atoms with van der Waals surface area (Å²) in [5, 5.41) is 8.36. The minimum Gasteiger partial charge on any atom is -0.512 e. The normalized spacial score (nSPS) is 10.8. The van der Waals surface area contributed by atoms with Crippen molar-refractivity contribution in [2.24, 2.45) is 0 Å². The van der Waals surface area contributed by atoms with Crippen LogP contribution in [-0.4, -0.2) is 15.9 Å². The summed E-state index contributed by atoms with van der Waals surface area (Å²) in [6.07, 6.45) is 1.17. The number of hydrogen-bond donors (Lipinski definition) is 1. The van der Waals surface area contributed by atoms with Crippen LogP contribution in [0.2, 0.25) is 0 Å². The monoisotopic (exact) mass is 621 g/mol. The Kier molecular flexibility index (Phi) is 9.09. The SMILES string of the molecule is CC(=O)/C=C(/C)O.Cc1cc(C)c(-c2cc3nc(-c4[c-]cccc4)ccc3s2)c(C)c1.[Ir]. The number of pyridine rings is 1. The van der Waals surface area contributed by atoms with Gasteiger partial charge in [-0.25, -0.2) is 0 Å². The minimum atomic E-state index is -0.125. The van der Waals surface area contributed by atoms with E-state index in [0.29, 0.717) is 0 Å². The molecule has 5 heteroatoms. The minimum absolute atomic E-state index is 0. The maximum absolute atomic E-state index is 10.0. The van der Waals surface area contributed by atoms with Gasteiger partial charge in [-0.05, 0) is 69.1 Å². The van der Waals surface area contributed by atoms with Crippen LogP contribution in [0.5, 0.6) is 0 Å². The average Bonchev–Trinajstić information content (AvgIpc) is 3.10. The summed E-state index contributed by atoms with van der Waals surface area (Å²) in [5.74, 6) is -0.0625. The van der Waals surface area contributed by atoms with E-state index in [1.54, 1.807) is 0 Å². The van der Waals surface area contributed by atoms with Crippen molar-refractivity contribution >= 4 is 27.3 Å². The van der Waals surface area contributed by atoms with Gasteiger partial charge < -0.3 is 5.11 Å². The van der Waals surface area contributed by atoms with E-state index in [-0.39, 0.29) is 31.6 Å². The molecule has 4 aromatic rings. The molecule has 2 aromatic heterocycles. The maximum atomic E-state index is 10.0. The van der Waals surface area contributed by atoms with Gasteiger partial charge in [-0.2, -0.15) is 0 Å². The standard InChI is InChI=1S/C22H18NS.C5H8O2.Ir/c1-14-11-15(2)22(16(3)12-14)21-13-19-20(24-21)10-9-18(23-19)17-7-5-4-6-8-17;1-4(6)3-5(2)7;/h4-7,9-13H,1-3H3;3,6H,1-2H3;/q-1;;/b;4-3-;. The number of aromatic nitrogens is 1. The molecule has 0 amide bonds. The summed E-state index contributed by atoms with van der Waals surface area (Å²) in [7, 11) is 0. The first-order valence-electron chi connectivity index (χ1n) is 10.1. The fraction of sp³-hybridized carbons (Fsp3) is 0.185. The number of aliphatic hydroxyl groups excluding tert-OH is 1. The molecule has 0 saturated carbocycles. The van der Waals surface area contributed by atoms with Crippen LogP contribution in [0, 0.1) is 26.8 Å². The number of allylic oxidation sites excluding steroid dienone is 2. The van der Waals surface area contributed by atoms with Crippen molar-refractivity contribution in [1.82, 2.24) is 4.98 Å². The van der Waals surface area contributed by atoms with Gasteiger partial charge in [-0.3, -0.25) is 9.78 Å². The number of fused-ring (bicyclic) bond motifs is 1. The van der Waals surface area contributed by atoms with E-state index < -0.39 is 0 Å². The molecular formula is C27H26IrNO2S-. The van der Waals surface area contributed by atoms with Crippen molar-refractivity contribution in [3.05, 3.63) is 89.2 Å². The van der Waals surface area contributed by atoms with Crippen LogP contribution in [0.15, 0.2) is 66.4 Å². The van der Waals surface area contributed by atoms with Gasteiger partial charge in [-0.1, -0.05) is 23.8 Å². The largest absolute Gasteiger partial charge is 0.512 e. The van der Waals surface area contributed by atoms with Crippen LogP contribution in [0.4, 0.5) is 0 Å². The zero-order valence-corrected chi connectivity index (χ0v) is 22.0. The Balaban J connectivity index is 0.000000398. The van der Waals surface area contributed by atoms with Gasteiger partial charge in [0.15, 0.2) is 5.78 Å². The molecule has 0 atom stereocenters. The fourth-order valence-corrected chi connectivity index (χ4v) is 4.79. The summed E-state index contributed by atoms with van der Waals surface area (Å²) in [6, 6.07) is 22.2. The topological polar surface area (TPSA) is 50.2 Å². The number of aliphatic hydroxyl groups is 1. The Hall–Kier alpha value is -2.59. The fourth-order valence-electron chi connectivity index (χ4n) is 3.61. The molecule has 3 nitrogen and oxygen atoms in total. The van der Waals surface area contributed by atoms with E-state index in [0.717, 1.165) is 16.8 Å². The molecule has 0 bridgehead atoms. The maximum Gasteiger partial charge on any atom is 0.155 e. The van der Waals surface area contributed by atoms with Gasteiger partial charge in [-0.15, -0.1) is 47.2 Å². The van der Waals surface area contributed by atoms with Crippen molar-refractivity contribution in [2.45, 2.75) is 34.6 Å². The molecule has 0 saturated heterocycles. The number of nitrogens with zero attached hydrogens (tertiary/aromatic N) is 1. The van der Waals surface area contributed by atoms with Crippen molar-refractivity contribution in [3.8, 4) is 21.7 Å². The van der Waals surface area contributed by atoms with Crippen molar-refractivity contribution in [2.75, 3.05) is 0 Å². The van der Waals surface area contributed by atoms with Gasteiger partial charge in [0, 0.05) is 31.1 Å². The van der Waals surface area contributed by atoms with Crippen molar-refractivity contribution in [1.29, 1.82) is 0 Å². The van der Waals surface area contributed by atoms with Crippen molar-refractivity contribution < 1.29 is 30.0 Å². The van der Waals surface area contributed by atoms with Gasteiger partial charge in [0.1, 0.15) is 0 Å². The Morgan fingerprint density at radius 1 is 1.03 bits per heavy atom. The second kappa shape index (κ2) is 11.3. The van der Waals surface area contributed by atoms with Gasteiger partial charge in [0.05, 0.1) is 16.0 Å². The average molecular weight is 621 g/mol. The van der Waals surface area contributed by atoms with Crippen LogP contribution in [0.25, 0.3) is 31.9 Å². The molecule has 2 aromatic carbocycles. The Morgan fingerprint density at radius 3 is 2.25 bits per heavy atom. The first-order valence-corrected chi connectivity index (χ1v) is 10.9. The molecule has 0 unspecified atom stereocenters. The molecule has 32 heavy (non-hydrogen) atoms. The molecule has 0 aliphatic heterocycles. The van der Waals surface area contributed by atoms with E-state index in [1.165, 1.54) is 51.8 Å². The molecule has 2 heterocycles. The number of hydrogen-bond acceptors (Lipinski definition) is 4. The number of aryl methyl sites for hydroxylation is 3. The first-order chi connectivity index (χ1) is 14.7. The third kappa shape index (κ3) is 6.46. The number of ketones is 1. The predicted molar refractivity (Wildman–Crippen MR) is 131 cm³/mol. The van der Waals surface area contributed by atoms with Crippen LogP contribution in [0.1, 0.15) is 30.5 Å². The first kappa shape index (κ1) is 25.7. The molecule has 1 N–H and O–H groups in total. The molecule has 0 spiro atoms. The number of rotatable bonds is 3. The third-order valence-electron chi connectivity index (χ3n) is 4.69. The summed E-state index contributed by atoms with van der Waals surface area (Å²) in [4.78, 5) is 16.2. The Bertz CT molecular complexity index is 1230. The van der Waals surface area contributed by atoms with Gasteiger partial charge >= 0.3 is 0 Å². The second-order valence-corrected chi connectivity index (χ2v) is 8.72. The van der Waals surface area contributed by atoms with Crippen LogP contribution < -0.4 is 0 Å². The Labute approximate surface area is 207 Å². The van der Waals surface area contributed by atoms with Gasteiger partial charge in [0.25, 0.3) is 0 Å². The zero-order chi connectivity index (χ0) is 22.5. The molecular weight excluding hydrogens is 595 g/mol. The molecule has 167 valence electrons. The van der Waals surface area contributed by atoms with Crippen LogP contribution >= 0.6 is 11.3 Å². The summed E-state index contributed by atoms with van der Waals surface area (Å²) in [6.45, 7) is 9.38.